The van der Waals surface area contributed by atoms with Gasteiger partial charge in [-0.2, -0.15) is 57.1 Å². The number of aromatic hydroxyl groups is 1. The van der Waals surface area contributed by atoms with Crippen LogP contribution in [0, 0.1) is 17.3 Å². The average molecular weight is 645 g/mol. The van der Waals surface area contributed by atoms with Crippen LogP contribution in [-0.4, -0.2) is 51.6 Å². The third-order valence-corrected chi connectivity index (χ3v) is 10.0. The fourth-order valence-electron chi connectivity index (χ4n) is 7.45. The van der Waals surface area contributed by atoms with Gasteiger partial charge in [0.2, 0.25) is 0 Å². The second-order valence-corrected chi connectivity index (χ2v) is 12.2. The number of hydrogen-bond acceptors (Lipinski definition) is 2. The Balaban J connectivity index is 1.48. The highest BCUT2D eigenvalue weighted by atomic mass is 19.4. The molecule has 2 saturated carbocycles. The summed E-state index contributed by atoms with van der Waals surface area (Å²) in [5, 5.41) is 21.3. The summed E-state index contributed by atoms with van der Waals surface area (Å²) in [6.07, 6.45) is -6.07. The van der Waals surface area contributed by atoms with Crippen LogP contribution in [0.1, 0.15) is 68.9 Å². The Bertz CT molecular complexity index is 1240. The molecule has 0 radical (unpaired) electrons. The molecule has 4 rings (SSSR count). The standard InChI is InChI=1S/C28H29F13O2/c1-21-12-8-18-17-7-5-16(42)14-15(17)4-6-19(18)20(21)9-13-22(21,43)10-2-3-11-23(29,30)24(31,32)25(33,34)26(35,36)27(37,38)28(39,40)41/h2-3,5,7,14,18-20,42-43H,4,6,8-13H2,1H3/b3-2+/t18-,19-,20+,21+,22+/m1/s1. The summed E-state index contributed by atoms with van der Waals surface area (Å²) >= 11 is 0. The van der Waals surface area contributed by atoms with Gasteiger partial charge < -0.3 is 10.2 Å². The maximum absolute atomic E-state index is 14.2. The van der Waals surface area contributed by atoms with Gasteiger partial charge in [-0.15, -0.1) is 0 Å². The number of hydrogen-bond donors (Lipinski definition) is 2. The quantitative estimate of drug-likeness (QED) is 0.219. The number of aryl methyl sites for hydroxylation is 1. The van der Waals surface area contributed by atoms with Gasteiger partial charge in [-0.3, -0.25) is 0 Å². The zero-order chi connectivity index (χ0) is 32.7. The largest absolute Gasteiger partial charge is 0.508 e. The second-order valence-electron chi connectivity index (χ2n) is 12.2. The van der Waals surface area contributed by atoms with Gasteiger partial charge in [-0.1, -0.05) is 25.1 Å². The van der Waals surface area contributed by atoms with E-state index in [9.17, 15) is 67.3 Å². The average Bonchev–Trinajstić information content (AvgIpc) is 3.15. The molecule has 43 heavy (non-hydrogen) atoms. The van der Waals surface area contributed by atoms with Crippen LogP contribution in [0.4, 0.5) is 57.1 Å². The van der Waals surface area contributed by atoms with Crippen molar-refractivity contribution in [2.24, 2.45) is 17.3 Å². The van der Waals surface area contributed by atoms with Gasteiger partial charge in [-0.25, -0.2) is 0 Å². The fourth-order valence-corrected chi connectivity index (χ4v) is 7.45. The van der Waals surface area contributed by atoms with Crippen molar-refractivity contribution >= 4 is 0 Å². The van der Waals surface area contributed by atoms with E-state index in [0.717, 1.165) is 23.6 Å². The van der Waals surface area contributed by atoms with Gasteiger partial charge in [0, 0.05) is 6.42 Å². The highest BCUT2D eigenvalue weighted by molar-refractivity contribution is 5.40. The first-order valence-electron chi connectivity index (χ1n) is 13.5. The molecule has 2 nitrogen and oxygen atoms in total. The molecule has 1 aromatic carbocycles. The van der Waals surface area contributed by atoms with Gasteiger partial charge in [0.05, 0.1) is 5.60 Å². The lowest BCUT2D eigenvalue weighted by molar-refractivity contribution is -0.439. The molecule has 0 amide bonds. The lowest BCUT2D eigenvalue weighted by atomic mass is 9.53. The van der Waals surface area contributed by atoms with E-state index in [0.29, 0.717) is 25.7 Å². The Labute approximate surface area is 237 Å². The molecule has 3 aliphatic carbocycles. The first-order valence-corrected chi connectivity index (χ1v) is 13.5. The van der Waals surface area contributed by atoms with Gasteiger partial charge >= 0.3 is 35.8 Å². The minimum atomic E-state index is -7.92. The van der Waals surface area contributed by atoms with E-state index in [1.807, 2.05) is 6.07 Å². The van der Waals surface area contributed by atoms with Crippen molar-refractivity contribution in [3.63, 3.8) is 0 Å². The van der Waals surface area contributed by atoms with E-state index in [4.69, 9.17) is 0 Å². The van der Waals surface area contributed by atoms with Crippen LogP contribution >= 0.6 is 0 Å². The van der Waals surface area contributed by atoms with Gasteiger partial charge in [0.1, 0.15) is 5.75 Å². The highest BCUT2D eigenvalue weighted by Crippen LogP contribution is 2.65. The minimum absolute atomic E-state index is 0.0337. The van der Waals surface area contributed by atoms with E-state index >= 15 is 0 Å². The molecule has 15 heteroatoms. The van der Waals surface area contributed by atoms with Crippen LogP contribution in [0.15, 0.2) is 30.4 Å². The fraction of sp³-hybridized carbons (Fsp3) is 0.714. The van der Waals surface area contributed by atoms with Crippen LogP contribution in [-0.2, 0) is 6.42 Å². The van der Waals surface area contributed by atoms with E-state index in [1.54, 1.807) is 19.1 Å². The summed E-state index contributed by atoms with van der Waals surface area (Å²) in [6.45, 7) is 1.80. The van der Waals surface area contributed by atoms with Crippen LogP contribution < -0.4 is 0 Å². The molecule has 0 aromatic heterocycles. The first kappa shape index (κ1) is 33.7. The van der Waals surface area contributed by atoms with E-state index in [2.05, 4.69) is 0 Å². The molecule has 0 aliphatic heterocycles. The summed E-state index contributed by atoms with van der Waals surface area (Å²) in [7, 11) is 0. The molecule has 0 heterocycles. The molecule has 1 aromatic rings. The van der Waals surface area contributed by atoms with Gasteiger partial charge in [-0.05, 0) is 91.4 Å². The smallest absolute Gasteiger partial charge is 0.460 e. The van der Waals surface area contributed by atoms with Crippen molar-refractivity contribution in [1.82, 2.24) is 0 Å². The first-order chi connectivity index (χ1) is 19.4. The van der Waals surface area contributed by atoms with E-state index in [-0.39, 0.29) is 36.0 Å². The summed E-state index contributed by atoms with van der Waals surface area (Å²) < 4.78 is 174. The maximum Gasteiger partial charge on any atom is 0.460 e. The number of benzene rings is 1. The van der Waals surface area contributed by atoms with Crippen molar-refractivity contribution in [1.29, 1.82) is 0 Å². The van der Waals surface area contributed by atoms with Gasteiger partial charge in [0.25, 0.3) is 0 Å². The Hall–Kier alpha value is -2.19. The van der Waals surface area contributed by atoms with Crippen LogP contribution in [0.3, 0.4) is 0 Å². The number of halogens is 13. The Morgan fingerprint density at radius 1 is 0.791 bits per heavy atom. The van der Waals surface area contributed by atoms with Gasteiger partial charge in [0.15, 0.2) is 0 Å². The van der Waals surface area contributed by atoms with E-state index < -0.39 is 59.6 Å². The molecular formula is C28H29F13O2. The molecule has 0 saturated heterocycles. The van der Waals surface area contributed by atoms with Crippen LogP contribution in [0.5, 0.6) is 5.75 Å². The zero-order valence-electron chi connectivity index (χ0n) is 22.6. The molecule has 2 N–H and O–H groups in total. The topological polar surface area (TPSA) is 40.5 Å². The van der Waals surface area contributed by atoms with E-state index in [1.165, 1.54) is 0 Å². The van der Waals surface area contributed by atoms with Crippen molar-refractivity contribution < 1.29 is 67.3 Å². The predicted octanol–water partition coefficient (Wildman–Crippen LogP) is 9.05. The maximum atomic E-state index is 14.2. The summed E-state index contributed by atoms with van der Waals surface area (Å²) in [4.78, 5) is 0. The number of alkyl halides is 13. The molecule has 0 unspecified atom stereocenters. The molecule has 244 valence electrons. The number of fused-ring (bicyclic) bond motifs is 5. The van der Waals surface area contributed by atoms with Crippen LogP contribution in [0.2, 0.25) is 0 Å². The monoisotopic (exact) mass is 644 g/mol. The Kier molecular flexibility index (Phi) is 7.96. The lowest BCUT2D eigenvalue weighted by Gasteiger charge is -2.53. The third kappa shape index (κ3) is 4.81. The van der Waals surface area contributed by atoms with Crippen molar-refractivity contribution in [3.8, 4) is 5.75 Å². The molecular weight excluding hydrogens is 615 g/mol. The lowest BCUT2D eigenvalue weighted by Crippen LogP contribution is -2.70. The molecule has 3 aliphatic rings. The normalized spacial score (nSPS) is 30.7. The van der Waals surface area contributed by atoms with Crippen molar-refractivity contribution in [3.05, 3.63) is 41.5 Å². The zero-order valence-corrected chi connectivity index (χ0v) is 22.6. The second kappa shape index (κ2) is 10.2. The van der Waals surface area contributed by atoms with Crippen molar-refractivity contribution in [2.75, 3.05) is 0 Å². The molecule has 0 bridgehead atoms. The number of allylic oxidation sites excluding steroid dienone is 1. The Morgan fingerprint density at radius 2 is 1.40 bits per heavy atom. The third-order valence-electron chi connectivity index (χ3n) is 10.0. The number of aliphatic hydroxyl groups is 1. The molecule has 0 spiro atoms. The highest BCUT2D eigenvalue weighted by Gasteiger charge is 2.90. The number of phenols is 1. The summed E-state index contributed by atoms with van der Waals surface area (Å²) in [5.41, 5.74) is -0.204. The minimum Gasteiger partial charge on any atom is -0.508 e. The SMILES string of the molecule is C[C@]12CC[C@@H]3c4ccc(O)cc4CC[C@H]3[C@@H]1CC[C@@]2(O)C/C=C/CC(F)(F)C(F)(F)C(F)(F)C(F)(F)C(F)(F)C(F)(F)F. The summed E-state index contributed by atoms with van der Waals surface area (Å²) in [6, 6.07) is 5.14. The molecule has 5 atom stereocenters. The predicted molar refractivity (Wildman–Crippen MR) is 127 cm³/mol. The number of phenolic OH excluding ortho intramolecular Hbond substituents is 1. The Morgan fingerprint density at radius 3 is 2.00 bits per heavy atom. The number of rotatable bonds is 8. The van der Waals surface area contributed by atoms with Crippen molar-refractivity contribution in [2.45, 2.75) is 106 Å². The molecule has 2 fully saturated rings. The summed E-state index contributed by atoms with van der Waals surface area (Å²) in [5.74, 6) is -36.6. The van der Waals surface area contributed by atoms with Crippen LogP contribution in [0.25, 0.3) is 0 Å².